The van der Waals surface area contributed by atoms with E-state index in [9.17, 15) is 4.79 Å². The zero-order valence-electron chi connectivity index (χ0n) is 10.5. The Kier molecular flexibility index (Phi) is 2.78. The van der Waals surface area contributed by atoms with Crippen molar-refractivity contribution in [3.8, 4) is 0 Å². The van der Waals surface area contributed by atoms with Crippen molar-refractivity contribution in [1.82, 2.24) is 0 Å². The normalized spacial score (nSPS) is 21.2. The van der Waals surface area contributed by atoms with Gasteiger partial charge in [-0.3, -0.25) is 0 Å². The van der Waals surface area contributed by atoms with E-state index in [4.69, 9.17) is 4.74 Å². The summed E-state index contributed by atoms with van der Waals surface area (Å²) in [5, 5.41) is 0. The van der Waals surface area contributed by atoms with Gasteiger partial charge in [0, 0.05) is 11.1 Å². The molecule has 1 aliphatic heterocycles. The lowest BCUT2D eigenvalue weighted by Crippen LogP contribution is -2.01. The van der Waals surface area contributed by atoms with Gasteiger partial charge in [-0.05, 0) is 44.2 Å². The van der Waals surface area contributed by atoms with E-state index in [-0.39, 0.29) is 5.97 Å². The Morgan fingerprint density at radius 1 is 1.17 bits per heavy atom. The molecular formula is C16H16O2. The van der Waals surface area contributed by atoms with E-state index >= 15 is 0 Å². The SMILES string of the molecule is Cc1cccc(/C=C2\OC(=O)C3=C2CCCC3)c1. The molecule has 0 atom stereocenters. The first kappa shape index (κ1) is 11.3. The highest BCUT2D eigenvalue weighted by Gasteiger charge is 2.30. The molecule has 1 aromatic carbocycles. The van der Waals surface area contributed by atoms with Crippen LogP contribution in [0.5, 0.6) is 0 Å². The molecule has 1 aliphatic carbocycles. The average Bonchev–Trinajstić information content (AvgIpc) is 2.67. The fraction of sp³-hybridized carbons (Fsp3) is 0.312. The first-order chi connectivity index (χ1) is 8.74. The lowest BCUT2D eigenvalue weighted by Gasteiger charge is -2.10. The topological polar surface area (TPSA) is 26.3 Å². The number of allylic oxidation sites excluding steroid dienone is 1. The van der Waals surface area contributed by atoms with Crippen molar-refractivity contribution >= 4 is 12.0 Å². The van der Waals surface area contributed by atoms with Crippen LogP contribution in [-0.4, -0.2) is 5.97 Å². The van der Waals surface area contributed by atoms with Gasteiger partial charge in [-0.25, -0.2) is 4.79 Å². The second kappa shape index (κ2) is 4.45. The first-order valence-electron chi connectivity index (χ1n) is 6.47. The summed E-state index contributed by atoms with van der Waals surface area (Å²) in [7, 11) is 0. The van der Waals surface area contributed by atoms with Crippen molar-refractivity contribution in [2.45, 2.75) is 32.6 Å². The fourth-order valence-electron chi connectivity index (χ4n) is 2.65. The monoisotopic (exact) mass is 240 g/mol. The second-order valence-electron chi connectivity index (χ2n) is 4.98. The van der Waals surface area contributed by atoms with Crippen LogP contribution in [0.2, 0.25) is 0 Å². The zero-order valence-corrected chi connectivity index (χ0v) is 10.5. The van der Waals surface area contributed by atoms with Gasteiger partial charge in [0.15, 0.2) is 0 Å². The van der Waals surface area contributed by atoms with Gasteiger partial charge in [-0.1, -0.05) is 29.8 Å². The molecule has 1 aromatic rings. The maximum atomic E-state index is 11.8. The highest BCUT2D eigenvalue weighted by atomic mass is 16.5. The molecular weight excluding hydrogens is 224 g/mol. The number of rotatable bonds is 1. The zero-order chi connectivity index (χ0) is 12.5. The molecule has 0 unspecified atom stereocenters. The number of carbonyl (C=O) groups excluding carboxylic acids is 1. The predicted molar refractivity (Wildman–Crippen MR) is 70.7 cm³/mol. The van der Waals surface area contributed by atoms with Crippen molar-refractivity contribution in [3.63, 3.8) is 0 Å². The van der Waals surface area contributed by atoms with E-state index in [1.807, 2.05) is 18.2 Å². The number of benzene rings is 1. The summed E-state index contributed by atoms with van der Waals surface area (Å²) in [6.07, 6.45) is 6.09. The molecule has 2 aliphatic rings. The van der Waals surface area contributed by atoms with Crippen LogP contribution in [0, 0.1) is 6.92 Å². The molecule has 0 bridgehead atoms. The summed E-state index contributed by atoms with van der Waals surface area (Å²) >= 11 is 0. The van der Waals surface area contributed by atoms with Crippen molar-refractivity contribution in [2.24, 2.45) is 0 Å². The Morgan fingerprint density at radius 3 is 2.72 bits per heavy atom. The largest absolute Gasteiger partial charge is 0.423 e. The van der Waals surface area contributed by atoms with E-state index in [1.165, 1.54) is 5.56 Å². The lowest BCUT2D eigenvalue weighted by atomic mass is 9.92. The Balaban J connectivity index is 1.98. The third-order valence-electron chi connectivity index (χ3n) is 3.55. The van der Waals surface area contributed by atoms with E-state index in [2.05, 4.69) is 19.1 Å². The molecule has 0 spiro atoms. The van der Waals surface area contributed by atoms with Gasteiger partial charge in [0.1, 0.15) is 5.76 Å². The molecule has 1 heterocycles. The molecule has 92 valence electrons. The number of aryl methyl sites for hydroxylation is 1. The Morgan fingerprint density at radius 2 is 1.94 bits per heavy atom. The van der Waals surface area contributed by atoms with Crippen LogP contribution < -0.4 is 0 Å². The smallest absolute Gasteiger partial charge is 0.339 e. The minimum Gasteiger partial charge on any atom is -0.423 e. The van der Waals surface area contributed by atoms with Crippen LogP contribution in [-0.2, 0) is 9.53 Å². The first-order valence-corrected chi connectivity index (χ1v) is 6.47. The average molecular weight is 240 g/mol. The fourth-order valence-corrected chi connectivity index (χ4v) is 2.65. The maximum absolute atomic E-state index is 11.8. The van der Waals surface area contributed by atoms with Crippen molar-refractivity contribution in [3.05, 3.63) is 52.3 Å². The van der Waals surface area contributed by atoms with Gasteiger partial charge in [-0.2, -0.15) is 0 Å². The van der Waals surface area contributed by atoms with E-state index in [0.29, 0.717) is 0 Å². The number of carbonyl (C=O) groups is 1. The lowest BCUT2D eigenvalue weighted by molar-refractivity contribution is -0.133. The third-order valence-corrected chi connectivity index (χ3v) is 3.55. The summed E-state index contributed by atoms with van der Waals surface area (Å²) in [5.74, 6) is 0.629. The van der Waals surface area contributed by atoms with Crippen LogP contribution >= 0.6 is 0 Å². The van der Waals surface area contributed by atoms with E-state index in [0.717, 1.165) is 48.2 Å². The Labute approximate surface area is 107 Å². The van der Waals surface area contributed by atoms with Gasteiger partial charge in [0.25, 0.3) is 0 Å². The predicted octanol–water partition coefficient (Wildman–Crippen LogP) is 3.76. The minimum absolute atomic E-state index is 0.136. The number of esters is 1. The highest BCUT2D eigenvalue weighted by Crippen LogP contribution is 2.37. The molecule has 2 heteroatoms. The van der Waals surface area contributed by atoms with Gasteiger partial charge in [0.2, 0.25) is 0 Å². The third kappa shape index (κ3) is 1.99. The van der Waals surface area contributed by atoms with Gasteiger partial charge < -0.3 is 4.74 Å². The summed E-state index contributed by atoms with van der Waals surface area (Å²) in [6, 6.07) is 8.22. The molecule has 0 fully saturated rings. The molecule has 0 saturated carbocycles. The number of hydrogen-bond acceptors (Lipinski definition) is 2. The molecule has 0 saturated heterocycles. The summed E-state index contributed by atoms with van der Waals surface area (Å²) in [4.78, 5) is 11.8. The Bertz CT molecular complexity index is 564. The molecule has 18 heavy (non-hydrogen) atoms. The van der Waals surface area contributed by atoms with Crippen LogP contribution in [0.1, 0.15) is 36.8 Å². The van der Waals surface area contributed by atoms with Gasteiger partial charge >= 0.3 is 5.97 Å². The minimum atomic E-state index is -0.136. The molecule has 0 radical (unpaired) electrons. The standard InChI is InChI=1S/C16H16O2/c1-11-5-4-6-12(9-11)10-15-13-7-2-3-8-14(13)16(17)18-15/h4-6,9-10H,2-3,7-8H2,1H3/b15-10-. The summed E-state index contributed by atoms with van der Waals surface area (Å²) in [5.41, 5.74) is 4.34. The second-order valence-corrected chi connectivity index (χ2v) is 4.98. The van der Waals surface area contributed by atoms with Crippen LogP contribution in [0.25, 0.3) is 6.08 Å². The van der Waals surface area contributed by atoms with Crippen LogP contribution in [0.3, 0.4) is 0 Å². The van der Waals surface area contributed by atoms with Crippen molar-refractivity contribution in [1.29, 1.82) is 0 Å². The summed E-state index contributed by atoms with van der Waals surface area (Å²) in [6.45, 7) is 2.06. The van der Waals surface area contributed by atoms with E-state index in [1.54, 1.807) is 0 Å². The molecule has 0 aromatic heterocycles. The number of ether oxygens (including phenoxy) is 1. The molecule has 3 rings (SSSR count). The number of hydrogen-bond donors (Lipinski definition) is 0. The van der Waals surface area contributed by atoms with Crippen LogP contribution in [0.15, 0.2) is 41.2 Å². The maximum Gasteiger partial charge on any atom is 0.339 e. The van der Waals surface area contributed by atoms with Crippen LogP contribution in [0.4, 0.5) is 0 Å². The molecule has 2 nitrogen and oxygen atoms in total. The van der Waals surface area contributed by atoms with Crippen molar-refractivity contribution < 1.29 is 9.53 Å². The van der Waals surface area contributed by atoms with Gasteiger partial charge in [-0.15, -0.1) is 0 Å². The molecule has 0 amide bonds. The molecule has 0 N–H and O–H groups in total. The Hall–Kier alpha value is -1.83. The van der Waals surface area contributed by atoms with Gasteiger partial charge in [0.05, 0.1) is 0 Å². The van der Waals surface area contributed by atoms with E-state index < -0.39 is 0 Å². The quantitative estimate of drug-likeness (QED) is 0.698. The van der Waals surface area contributed by atoms with Crippen molar-refractivity contribution in [2.75, 3.05) is 0 Å². The summed E-state index contributed by atoms with van der Waals surface area (Å²) < 4.78 is 5.40. The number of cyclic esters (lactones) is 1. The highest BCUT2D eigenvalue weighted by molar-refractivity contribution is 5.95.